The quantitative estimate of drug-likeness (QED) is 0.215. The van der Waals surface area contributed by atoms with E-state index in [2.05, 4.69) is 51.5 Å². The molecule has 1 atom stereocenters. The molecular weight excluding hydrogens is 569 g/mol. The zero-order valence-corrected chi connectivity index (χ0v) is 27.3. The van der Waals surface area contributed by atoms with Gasteiger partial charge in [-0.15, -0.1) is 0 Å². The van der Waals surface area contributed by atoms with Gasteiger partial charge in [0.25, 0.3) is 5.91 Å². The molecule has 0 aliphatic heterocycles. The number of carbonyl (C=O) groups is 2. The lowest BCUT2D eigenvalue weighted by atomic mass is 9.79. The fourth-order valence-corrected chi connectivity index (χ4v) is 6.19. The predicted molar refractivity (Wildman–Crippen MR) is 170 cm³/mol. The molecule has 0 bridgehead atoms. The van der Waals surface area contributed by atoms with Crippen LogP contribution in [0.4, 0.5) is 10.2 Å². The number of amides is 2. The summed E-state index contributed by atoms with van der Waals surface area (Å²) in [6.45, 7) is 9.27. The van der Waals surface area contributed by atoms with E-state index in [9.17, 15) is 9.59 Å². The Hall–Kier alpha value is -3.25. The topological polar surface area (TPSA) is 116 Å². The van der Waals surface area contributed by atoms with Gasteiger partial charge >= 0.3 is 0 Å². The van der Waals surface area contributed by atoms with Gasteiger partial charge in [-0.1, -0.05) is 19.8 Å². The van der Waals surface area contributed by atoms with Crippen LogP contribution < -0.4 is 10.6 Å². The van der Waals surface area contributed by atoms with E-state index in [-0.39, 0.29) is 24.4 Å². The first kappa shape index (κ1) is 32.7. The number of anilines is 1. The molecule has 0 unspecified atom stereocenters. The van der Waals surface area contributed by atoms with Gasteiger partial charge in [-0.05, 0) is 82.4 Å². The van der Waals surface area contributed by atoms with Gasteiger partial charge in [-0.2, -0.15) is 14.6 Å². The maximum atomic E-state index is 15.5. The first-order valence-corrected chi connectivity index (χ1v) is 18.0. The first-order valence-electron chi connectivity index (χ1n) is 15.0. The third-order valence-electron chi connectivity index (χ3n) is 8.15. The smallest absolute Gasteiger partial charge is 0.270 e. The van der Waals surface area contributed by atoms with Crippen LogP contribution in [0.15, 0.2) is 24.4 Å². The number of aromatic nitrogens is 5. The van der Waals surface area contributed by atoms with Gasteiger partial charge in [0.1, 0.15) is 24.3 Å². The molecule has 10 nitrogen and oxygen atoms in total. The van der Waals surface area contributed by atoms with E-state index in [1.165, 1.54) is 0 Å². The molecule has 1 saturated carbocycles. The fraction of sp³-hybridized carbons (Fsp3) is 0.581. The van der Waals surface area contributed by atoms with Crippen molar-refractivity contribution in [1.82, 2.24) is 29.9 Å². The van der Waals surface area contributed by atoms with Gasteiger partial charge in [0.05, 0.1) is 12.3 Å². The van der Waals surface area contributed by atoms with E-state index in [4.69, 9.17) is 4.74 Å². The van der Waals surface area contributed by atoms with Crippen molar-refractivity contribution in [2.24, 2.45) is 11.8 Å². The number of pyridine rings is 1. The summed E-state index contributed by atoms with van der Waals surface area (Å²) in [5.41, 5.74) is 2.80. The number of nitrogens with one attached hydrogen (secondary N) is 2. The number of aryl methyl sites for hydroxylation is 2. The largest absolute Gasteiger partial charge is 0.358 e. The minimum absolute atomic E-state index is 0.0366. The van der Waals surface area contributed by atoms with Gasteiger partial charge in [-0.3, -0.25) is 14.3 Å². The van der Waals surface area contributed by atoms with E-state index in [1.807, 2.05) is 20.8 Å². The standard InChI is InChI=1S/C31H46FN7O3S/c1-8-38-25(15-16-33-38)30(40)36-28(23-11-9-20(2)10-12-23)31(41)35-26-14-13-24(29(32)34-26)27-21(3)37-39(22(27)4)19-42-17-18-43(5,6)7/h13-16,20,23,28H,8-12,17-19H2,1-7H3,(H,36,40)(H,34,35,41)/t20-,23-,28-/m0/s1. The Morgan fingerprint density at radius 2 is 1.84 bits per heavy atom. The maximum absolute atomic E-state index is 15.5. The number of ether oxygens (including phenoxy) is 1. The molecule has 1 aliphatic rings. The Morgan fingerprint density at radius 1 is 1.12 bits per heavy atom. The minimum Gasteiger partial charge on any atom is -0.358 e. The van der Waals surface area contributed by atoms with E-state index >= 15 is 4.39 Å². The Balaban J connectivity index is 1.49. The molecule has 2 N–H and O–H groups in total. The highest BCUT2D eigenvalue weighted by molar-refractivity contribution is 8.32. The molecule has 3 aromatic rings. The molecule has 1 aliphatic carbocycles. The van der Waals surface area contributed by atoms with E-state index in [0.717, 1.165) is 37.1 Å². The van der Waals surface area contributed by atoms with Crippen molar-refractivity contribution in [3.05, 3.63) is 47.4 Å². The Bertz CT molecular complexity index is 1420. The number of rotatable bonds is 12. The molecule has 0 radical (unpaired) electrons. The van der Waals surface area contributed by atoms with Crippen LogP contribution in [0, 0.1) is 31.6 Å². The molecule has 2 amide bonds. The third kappa shape index (κ3) is 8.23. The highest BCUT2D eigenvalue weighted by atomic mass is 32.3. The Kier molecular flexibility index (Phi) is 10.7. The van der Waals surface area contributed by atoms with Crippen LogP contribution in [0.5, 0.6) is 0 Å². The van der Waals surface area contributed by atoms with Crippen LogP contribution >= 0.6 is 10.0 Å². The Labute approximate surface area is 255 Å². The summed E-state index contributed by atoms with van der Waals surface area (Å²) in [5, 5.41) is 14.4. The predicted octanol–water partition coefficient (Wildman–Crippen LogP) is 5.15. The van der Waals surface area contributed by atoms with Crippen LogP contribution in [-0.4, -0.2) is 73.5 Å². The molecular formula is C31H46FN7O3S. The molecule has 12 heteroatoms. The van der Waals surface area contributed by atoms with Crippen LogP contribution in [0.2, 0.25) is 0 Å². The fourth-order valence-electron chi connectivity index (χ4n) is 5.58. The maximum Gasteiger partial charge on any atom is 0.270 e. The number of hydrogen-bond donors (Lipinski definition) is 2. The van der Waals surface area contributed by atoms with Crippen molar-refractivity contribution in [2.45, 2.75) is 72.7 Å². The van der Waals surface area contributed by atoms with Crippen LogP contribution in [0.25, 0.3) is 11.1 Å². The molecule has 4 rings (SSSR count). The van der Waals surface area contributed by atoms with Gasteiger partial charge in [0, 0.05) is 35.3 Å². The van der Waals surface area contributed by atoms with Crippen molar-refractivity contribution < 1.29 is 18.7 Å². The van der Waals surface area contributed by atoms with E-state index in [1.54, 1.807) is 33.8 Å². The molecule has 0 spiro atoms. The number of nitrogens with zero attached hydrogens (tertiary/aromatic N) is 5. The molecule has 1 fully saturated rings. The summed E-state index contributed by atoms with van der Waals surface area (Å²) in [5.74, 6) is 0.143. The number of halogens is 1. The van der Waals surface area contributed by atoms with Crippen molar-refractivity contribution in [2.75, 3.05) is 36.4 Å². The summed E-state index contributed by atoms with van der Waals surface area (Å²) in [4.78, 5) is 30.8. The average molecular weight is 616 g/mol. The van der Waals surface area contributed by atoms with Crippen molar-refractivity contribution in [3.63, 3.8) is 0 Å². The van der Waals surface area contributed by atoms with Crippen LogP contribution in [0.1, 0.15) is 61.4 Å². The molecule has 236 valence electrons. The zero-order chi connectivity index (χ0) is 31.3. The SMILES string of the molecule is CCn1nccc1C(=O)N[C@H](C(=O)Nc1ccc(-c2c(C)nn(COCCS(C)(C)C)c2C)c(F)n1)[C@H]1CC[C@H](C)CC1. The molecule has 0 saturated heterocycles. The second-order valence-corrected chi connectivity index (χ2v) is 17.0. The van der Waals surface area contributed by atoms with Crippen LogP contribution in [0.3, 0.4) is 0 Å². The molecule has 43 heavy (non-hydrogen) atoms. The summed E-state index contributed by atoms with van der Waals surface area (Å²) in [7, 11) is -0.653. The second-order valence-electron chi connectivity index (χ2n) is 12.4. The van der Waals surface area contributed by atoms with Gasteiger partial charge in [-0.25, -0.2) is 19.7 Å². The van der Waals surface area contributed by atoms with E-state index in [0.29, 0.717) is 41.6 Å². The molecule has 0 aromatic carbocycles. The summed E-state index contributed by atoms with van der Waals surface area (Å²) < 4.78 is 24.6. The second kappa shape index (κ2) is 14.0. The van der Waals surface area contributed by atoms with E-state index < -0.39 is 27.9 Å². The monoisotopic (exact) mass is 615 g/mol. The number of hydrogen-bond acceptors (Lipinski definition) is 6. The minimum atomic E-state index is -0.785. The lowest BCUT2D eigenvalue weighted by Crippen LogP contribution is -2.49. The highest BCUT2D eigenvalue weighted by Gasteiger charge is 2.33. The normalized spacial score (nSPS) is 18.3. The van der Waals surface area contributed by atoms with Gasteiger partial charge in [0.2, 0.25) is 11.9 Å². The molecule has 3 aromatic heterocycles. The van der Waals surface area contributed by atoms with Crippen molar-refractivity contribution >= 4 is 27.7 Å². The summed E-state index contributed by atoms with van der Waals surface area (Å²) >= 11 is 0. The lowest BCUT2D eigenvalue weighted by Gasteiger charge is -2.32. The molecule has 3 heterocycles. The highest BCUT2D eigenvalue weighted by Crippen LogP contribution is 2.34. The third-order valence-corrected chi connectivity index (χ3v) is 9.55. The Morgan fingerprint density at radius 3 is 2.49 bits per heavy atom. The summed E-state index contributed by atoms with van der Waals surface area (Å²) in [6, 6.07) is 4.05. The van der Waals surface area contributed by atoms with Crippen molar-refractivity contribution in [3.8, 4) is 11.1 Å². The van der Waals surface area contributed by atoms with Gasteiger partial charge in [0.15, 0.2) is 0 Å². The van der Waals surface area contributed by atoms with Gasteiger partial charge < -0.3 is 15.4 Å². The first-order chi connectivity index (χ1) is 20.4. The summed E-state index contributed by atoms with van der Waals surface area (Å²) in [6.07, 6.45) is 11.9. The van der Waals surface area contributed by atoms with Crippen LogP contribution in [-0.2, 0) is 22.8 Å². The zero-order valence-electron chi connectivity index (χ0n) is 26.4. The number of carbonyl (C=O) groups excluding carboxylic acids is 2. The van der Waals surface area contributed by atoms with Crippen molar-refractivity contribution in [1.29, 1.82) is 0 Å². The lowest BCUT2D eigenvalue weighted by molar-refractivity contribution is -0.119. The average Bonchev–Trinajstić information content (AvgIpc) is 3.54.